The van der Waals surface area contributed by atoms with E-state index in [1.807, 2.05) is 13.0 Å². The molecule has 2 heterocycles. The lowest BCUT2D eigenvalue weighted by molar-refractivity contribution is -0.119. The second-order valence-electron chi connectivity index (χ2n) is 6.86. The number of carbonyl (C=O) groups is 1. The van der Waals surface area contributed by atoms with Crippen LogP contribution in [0.4, 0.5) is 5.69 Å². The first-order valence-electron chi connectivity index (χ1n) is 8.92. The van der Waals surface area contributed by atoms with E-state index < -0.39 is 6.04 Å². The first-order chi connectivity index (χ1) is 13.0. The maximum atomic E-state index is 13.0. The highest BCUT2D eigenvalue weighted by Crippen LogP contribution is 2.33. The van der Waals surface area contributed by atoms with Crippen LogP contribution in [-0.2, 0) is 17.6 Å². The average molecular weight is 403 g/mol. The molecule has 6 nitrogen and oxygen atoms in total. The van der Waals surface area contributed by atoms with Gasteiger partial charge in [0, 0.05) is 15.6 Å². The molecule has 1 amide bonds. The van der Waals surface area contributed by atoms with Gasteiger partial charge in [-0.2, -0.15) is 4.68 Å². The van der Waals surface area contributed by atoms with E-state index in [1.165, 1.54) is 9.56 Å². The molecule has 0 bridgehead atoms. The first kappa shape index (κ1) is 18.1. The third-order valence-electron chi connectivity index (χ3n) is 4.99. The molecule has 0 fully saturated rings. The van der Waals surface area contributed by atoms with Gasteiger partial charge in [0.15, 0.2) is 4.83 Å². The average Bonchev–Trinajstić information content (AvgIpc) is 3.04. The molecule has 0 saturated carbocycles. The van der Waals surface area contributed by atoms with Crippen LogP contribution in [0.15, 0.2) is 23.0 Å². The fraction of sp³-hybridized carbons (Fsp3) is 0.368. The van der Waals surface area contributed by atoms with Crippen LogP contribution < -0.4 is 10.9 Å². The Morgan fingerprint density at radius 3 is 2.89 bits per heavy atom. The van der Waals surface area contributed by atoms with Crippen LogP contribution in [-0.4, -0.2) is 20.9 Å². The largest absolute Gasteiger partial charge is 0.324 e. The van der Waals surface area contributed by atoms with Crippen molar-refractivity contribution in [2.24, 2.45) is 0 Å². The van der Waals surface area contributed by atoms with Crippen molar-refractivity contribution in [3.63, 3.8) is 0 Å². The molecule has 4 rings (SSSR count). The minimum Gasteiger partial charge on any atom is -0.324 e. The van der Waals surface area contributed by atoms with Crippen molar-refractivity contribution in [2.75, 3.05) is 5.32 Å². The molecular weight excluding hydrogens is 384 g/mol. The Morgan fingerprint density at radius 1 is 1.33 bits per heavy atom. The molecule has 0 radical (unpaired) electrons. The highest BCUT2D eigenvalue weighted by atomic mass is 35.5. The Hall–Kier alpha value is -2.25. The van der Waals surface area contributed by atoms with Gasteiger partial charge in [-0.05, 0) is 62.8 Å². The number of hydrogen-bond acceptors (Lipinski definition) is 5. The van der Waals surface area contributed by atoms with E-state index in [1.54, 1.807) is 30.4 Å². The first-order valence-corrected chi connectivity index (χ1v) is 10.1. The normalized spacial score (nSPS) is 14.8. The van der Waals surface area contributed by atoms with Crippen molar-refractivity contribution in [1.29, 1.82) is 0 Å². The molecule has 1 atom stereocenters. The number of anilines is 1. The fourth-order valence-electron chi connectivity index (χ4n) is 3.37. The number of aryl methyl sites for hydroxylation is 3. The molecule has 140 valence electrons. The van der Waals surface area contributed by atoms with Crippen LogP contribution in [0.2, 0.25) is 5.02 Å². The van der Waals surface area contributed by atoms with E-state index in [4.69, 9.17) is 11.6 Å². The third kappa shape index (κ3) is 3.26. The number of thiophene rings is 1. The van der Waals surface area contributed by atoms with Gasteiger partial charge in [-0.1, -0.05) is 22.9 Å². The van der Waals surface area contributed by atoms with E-state index in [0.717, 1.165) is 36.8 Å². The lowest BCUT2D eigenvalue weighted by Gasteiger charge is -2.14. The standard InChI is InChI=1S/C19H19ClN4O2S/c1-10-7-8-12(9-14(10)20)21-17(25)11(2)24-19(26)16-13-5-3-4-6-15(13)27-18(16)22-23-24/h7-9,11H,3-6H2,1-2H3,(H,21,25)/t11-/m1/s1. The molecular formula is C19H19ClN4O2S. The number of amides is 1. The molecule has 0 saturated heterocycles. The molecule has 2 aromatic heterocycles. The zero-order chi connectivity index (χ0) is 19.1. The van der Waals surface area contributed by atoms with Crippen LogP contribution in [0.1, 0.15) is 41.8 Å². The van der Waals surface area contributed by atoms with Gasteiger partial charge < -0.3 is 5.32 Å². The summed E-state index contributed by atoms with van der Waals surface area (Å²) in [5.74, 6) is -0.338. The molecule has 0 spiro atoms. The monoisotopic (exact) mass is 402 g/mol. The summed E-state index contributed by atoms with van der Waals surface area (Å²) in [7, 11) is 0. The number of nitrogens with one attached hydrogen (secondary N) is 1. The van der Waals surface area contributed by atoms with Gasteiger partial charge >= 0.3 is 0 Å². The van der Waals surface area contributed by atoms with Crippen LogP contribution >= 0.6 is 22.9 Å². The smallest absolute Gasteiger partial charge is 0.279 e. The Kier molecular flexibility index (Phi) is 4.74. The summed E-state index contributed by atoms with van der Waals surface area (Å²) in [6.45, 7) is 3.54. The SMILES string of the molecule is Cc1ccc(NC(=O)[C@@H](C)n2nnc3sc4c(c3c2=O)CCCC4)cc1Cl. The topological polar surface area (TPSA) is 76.9 Å². The number of hydrogen-bond donors (Lipinski definition) is 1. The molecule has 0 aliphatic heterocycles. The third-order valence-corrected chi connectivity index (χ3v) is 6.58. The van der Waals surface area contributed by atoms with Crippen molar-refractivity contribution in [3.8, 4) is 0 Å². The number of nitrogens with zero attached hydrogens (tertiary/aromatic N) is 3. The maximum absolute atomic E-state index is 13.0. The van der Waals surface area contributed by atoms with Gasteiger partial charge in [0.2, 0.25) is 5.91 Å². The maximum Gasteiger partial charge on any atom is 0.279 e. The Morgan fingerprint density at radius 2 is 2.11 bits per heavy atom. The van der Waals surface area contributed by atoms with Crippen LogP contribution in [0.5, 0.6) is 0 Å². The van der Waals surface area contributed by atoms with Gasteiger partial charge in [0.05, 0.1) is 5.39 Å². The predicted molar refractivity (Wildman–Crippen MR) is 108 cm³/mol. The molecule has 27 heavy (non-hydrogen) atoms. The highest BCUT2D eigenvalue weighted by Gasteiger charge is 2.24. The van der Waals surface area contributed by atoms with Crippen LogP contribution in [0.25, 0.3) is 10.2 Å². The lowest BCUT2D eigenvalue weighted by Crippen LogP contribution is -2.34. The molecule has 1 aliphatic carbocycles. The Bertz CT molecular complexity index is 1110. The molecule has 8 heteroatoms. The summed E-state index contributed by atoms with van der Waals surface area (Å²) in [5, 5.41) is 12.2. The van der Waals surface area contributed by atoms with Crippen molar-refractivity contribution in [2.45, 2.75) is 45.6 Å². The van der Waals surface area contributed by atoms with Crippen LogP contribution in [0.3, 0.4) is 0 Å². The van der Waals surface area contributed by atoms with Gasteiger partial charge in [-0.15, -0.1) is 16.4 Å². The van der Waals surface area contributed by atoms with Gasteiger partial charge in [-0.3, -0.25) is 9.59 Å². The number of carbonyl (C=O) groups excluding carboxylic acids is 1. The Labute approximate surface area is 165 Å². The second-order valence-corrected chi connectivity index (χ2v) is 8.35. The Balaban J connectivity index is 1.66. The molecule has 1 aromatic carbocycles. The quantitative estimate of drug-likeness (QED) is 0.720. The molecule has 1 aliphatic rings. The summed E-state index contributed by atoms with van der Waals surface area (Å²) in [5.41, 5.74) is 2.35. The minimum absolute atomic E-state index is 0.246. The number of aromatic nitrogens is 3. The van der Waals surface area contributed by atoms with Gasteiger partial charge in [0.1, 0.15) is 6.04 Å². The number of benzene rings is 1. The minimum atomic E-state index is -0.784. The van der Waals surface area contributed by atoms with Crippen LogP contribution in [0, 0.1) is 6.92 Å². The van der Waals surface area contributed by atoms with Crippen molar-refractivity contribution >= 4 is 44.7 Å². The zero-order valence-corrected chi connectivity index (χ0v) is 16.7. The predicted octanol–water partition coefficient (Wildman–Crippen LogP) is 3.89. The summed E-state index contributed by atoms with van der Waals surface area (Å²) in [4.78, 5) is 27.6. The second kappa shape index (κ2) is 7.05. The summed E-state index contributed by atoms with van der Waals surface area (Å²) in [6.07, 6.45) is 4.09. The highest BCUT2D eigenvalue weighted by molar-refractivity contribution is 7.18. The van der Waals surface area contributed by atoms with E-state index >= 15 is 0 Å². The van der Waals surface area contributed by atoms with Crippen molar-refractivity contribution in [1.82, 2.24) is 15.0 Å². The number of rotatable bonds is 3. The van der Waals surface area contributed by atoms with Crippen molar-refractivity contribution in [3.05, 3.63) is 49.6 Å². The summed E-state index contributed by atoms with van der Waals surface area (Å²) < 4.78 is 1.18. The molecule has 3 aromatic rings. The van der Waals surface area contributed by atoms with Crippen molar-refractivity contribution < 1.29 is 4.79 Å². The fourth-order valence-corrected chi connectivity index (χ4v) is 4.75. The van der Waals surface area contributed by atoms with E-state index in [9.17, 15) is 9.59 Å². The van der Waals surface area contributed by atoms with E-state index in [0.29, 0.717) is 20.9 Å². The molecule has 1 N–H and O–H groups in total. The zero-order valence-electron chi connectivity index (χ0n) is 15.1. The van der Waals surface area contributed by atoms with Gasteiger partial charge in [0.25, 0.3) is 5.56 Å². The number of halogens is 1. The summed E-state index contributed by atoms with van der Waals surface area (Å²) >= 11 is 7.66. The number of fused-ring (bicyclic) bond motifs is 3. The van der Waals surface area contributed by atoms with Gasteiger partial charge in [-0.25, -0.2) is 0 Å². The molecule has 0 unspecified atom stereocenters. The van der Waals surface area contributed by atoms with E-state index in [-0.39, 0.29) is 11.5 Å². The summed E-state index contributed by atoms with van der Waals surface area (Å²) in [6, 6.07) is 4.51. The lowest BCUT2D eigenvalue weighted by atomic mass is 9.97. The van der Waals surface area contributed by atoms with E-state index in [2.05, 4.69) is 15.6 Å².